The van der Waals surface area contributed by atoms with Gasteiger partial charge in [0.05, 0.1) is 0 Å². The molecule has 4 saturated heterocycles. The Balaban J connectivity index is 1.28. The van der Waals surface area contributed by atoms with Crippen molar-refractivity contribution in [3.8, 4) is 5.75 Å². The predicted molar refractivity (Wildman–Crippen MR) is 278 cm³/mol. The maximum absolute atomic E-state index is 15.7. The number of ketones is 1. The summed E-state index contributed by atoms with van der Waals surface area (Å²) in [6, 6.07) is 10.2. The number of nitrogens with zero attached hydrogens (tertiary/aromatic N) is 7. The fourth-order valence-corrected chi connectivity index (χ4v) is 11.0. The molecule has 8 atom stereocenters. The second-order valence-electron chi connectivity index (χ2n) is 19.8. The van der Waals surface area contributed by atoms with Crippen LogP contribution in [0.25, 0.3) is 0 Å². The van der Waals surface area contributed by atoms with Crippen LogP contribution >= 0.6 is 11.8 Å². The first kappa shape index (κ1) is 55.2. The number of benzene rings is 2. The molecule has 4 aliphatic rings. The van der Waals surface area contributed by atoms with Gasteiger partial charge in [0.25, 0.3) is 5.91 Å². The van der Waals surface area contributed by atoms with E-state index in [2.05, 4.69) is 37.8 Å². The monoisotopic (exact) mass is 1040 g/mol. The minimum absolute atomic E-state index is 0.0204. The van der Waals surface area contributed by atoms with E-state index in [1.165, 1.54) is 47.0 Å². The van der Waals surface area contributed by atoms with E-state index >= 15 is 14.4 Å². The number of aromatic nitrogens is 1. The van der Waals surface area contributed by atoms with Crippen LogP contribution in [0.4, 0.5) is 5.69 Å². The molecule has 7 rings (SSSR count). The number of ether oxygens (including phenoxy) is 1. The average Bonchev–Trinajstić information content (AvgIpc) is 3.89. The van der Waals surface area contributed by atoms with Crippen LogP contribution in [0.3, 0.4) is 0 Å². The van der Waals surface area contributed by atoms with E-state index in [0.717, 1.165) is 44.2 Å². The van der Waals surface area contributed by atoms with Crippen LogP contribution in [0.1, 0.15) is 67.2 Å². The molecule has 4 aliphatic heterocycles. The molecular formula is C53H70N10O10S. The quantitative estimate of drug-likeness (QED) is 0.149. The van der Waals surface area contributed by atoms with Crippen molar-refractivity contribution in [3.63, 3.8) is 0 Å². The molecule has 0 radical (unpaired) electrons. The normalized spacial score (nSPS) is 26.2. The van der Waals surface area contributed by atoms with Crippen molar-refractivity contribution in [2.24, 2.45) is 5.92 Å². The molecule has 4 N–H and O–H groups in total. The lowest BCUT2D eigenvalue weighted by atomic mass is 9.90. The SMILES string of the molecule is CC[C@H]1NC(=O)[C@@H](NC(=O)c2ncccc2O)[C@@H](C)OC(=O)[C@H](c2ccccc2)NC(=O)[C@@H]2CC(=O)[C@H](CSCCN3CCN(C)CC3)CN2C(=O)[C@H](Cc2ccc(N(C)C)cc2)N(C)C(=O)[C@@H]2CCCN2C1=O. The number of thioether (sulfide) groups is 1. The van der Waals surface area contributed by atoms with Crippen LogP contribution in [0.2, 0.25) is 0 Å². The zero-order chi connectivity index (χ0) is 53.2. The lowest BCUT2D eigenvalue weighted by Gasteiger charge is -2.42. The summed E-state index contributed by atoms with van der Waals surface area (Å²) >= 11 is 1.61. The third-order valence-corrected chi connectivity index (χ3v) is 15.6. The van der Waals surface area contributed by atoms with Crippen LogP contribution in [0, 0.1) is 5.92 Å². The van der Waals surface area contributed by atoms with E-state index in [1.54, 1.807) is 49.0 Å². The minimum Gasteiger partial charge on any atom is -0.505 e. The second-order valence-corrected chi connectivity index (χ2v) is 20.9. The Hall–Kier alpha value is -6.58. The van der Waals surface area contributed by atoms with Gasteiger partial charge in [-0.1, -0.05) is 49.4 Å². The molecule has 1 aromatic heterocycles. The van der Waals surface area contributed by atoms with Crippen LogP contribution in [-0.2, 0) is 44.7 Å². The molecule has 0 saturated carbocycles. The van der Waals surface area contributed by atoms with Crippen LogP contribution in [0.15, 0.2) is 72.9 Å². The molecule has 0 aliphatic carbocycles. The highest BCUT2D eigenvalue weighted by molar-refractivity contribution is 7.99. The Morgan fingerprint density at radius 1 is 0.851 bits per heavy atom. The van der Waals surface area contributed by atoms with Crippen LogP contribution in [-0.4, -0.2) is 204 Å². The molecule has 74 heavy (non-hydrogen) atoms. The average molecular weight is 1040 g/mol. The first-order valence-corrected chi connectivity index (χ1v) is 26.6. The zero-order valence-electron chi connectivity index (χ0n) is 43.1. The highest BCUT2D eigenvalue weighted by atomic mass is 32.2. The number of hydrogen-bond donors (Lipinski definition) is 4. The highest BCUT2D eigenvalue weighted by Crippen LogP contribution is 2.29. The molecule has 3 aromatic rings. The van der Waals surface area contributed by atoms with E-state index in [0.29, 0.717) is 17.7 Å². The number of amides is 6. The molecule has 4 fully saturated rings. The summed E-state index contributed by atoms with van der Waals surface area (Å²) < 4.78 is 5.96. The molecule has 0 bridgehead atoms. The Labute approximate surface area is 436 Å². The maximum Gasteiger partial charge on any atom is 0.333 e. The van der Waals surface area contributed by atoms with E-state index in [9.17, 15) is 29.1 Å². The molecule has 0 spiro atoms. The number of carbonyl (C=O) groups excluding carboxylic acids is 8. The van der Waals surface area contributed by atoms with Gasteiger partial charge >= 0.3 is 5.97 Å². The van der Waals surface area contributed by atoms with Gasteiger partial charge in [0.15, 0.2) is 11.7 Å². The Morgan fingerprint density at radius 2 is 1.57 bits per heavy atom. The van der Waals surface area contributed by atoms with Gasteiger partial charge < -0.3 is 50.3 Å². The number of Topliss-reactive ketones (excluding diaryl/α,β-unsaturated/α-hetero) is 1. The van der Waals surface area contributed by atoms with Crippen molar-refractivity contribution >= 4 is 64.6 Å². The number of anilines is 1. The number of piperidine rings is 1. The fourth-order valence-electron chi connectivity index (χ4n) is 9.92. The summed E-state index contributed by atoms with van der Waals surface area (Å²) in [4.78, 5) is 132. The zero-order valence-corrected chi connectivity index (χ0v) is 43.9. The van der Waals surface area contributed by atoms with E-state index in [4.69, 9.17) is 4.74 Å². The molecule has 6 amide bonds. The van der Waals surface area contributed by atoms with Gasteiger partial charge in [0.1, 0.15) is 47.8 Å². The summed E-state index contributed by atoms with van der Waals surface area (Å²) in [6.07, 6.45) is 0.182. The summed E-state index contributed by atoms with van der Waals surface area (Å²) in [7, 11) is 7.41. The Morgan fingerprint density at radius 3 is 2.24 bits per heavy atom. The van der Waals surface area contributed by atoms with Gasteiger partial charge in [0.2, 0.25) is 29.5 Å². The summed E-state index contributed by atoms with van der Waals surface area (Å²) in [5.74, 6) is -5.75. The second kappa shape index (κ2) is 25.1. The number of aromatic hydroxyl groups is 1. The maximum atomic E-state index is 15.7. The van der Waals surface area contributed by atoms with E-state index < -0.39 is 101 Å². The number of hydrogen-bond acceptors (Lipinski definition) is 15. The number of piperazine rings is 1. The summed E-state index contributed by atoms with van der Waals surface area (Å²) in [5, 5.41) is 18.5. The lowest BCUT2D eigenvalue weighted by molar-refractivity contribution is -0.157. The number of rotatable bonds is 12. The van der Waals surface area contributed by atoms with Gasteiger partial charge in [-0.25, -0.2) is 9.78 Å². The largest absolute Gasteiger partial charge is 0.505 e. The van der Waals surface area contributed by atoms with Crippen LogP contribution in [0.5, 0.6) is 5.75 Å². The predicted octanol–water partition coefficient (Wildman–Crippen LogP) is 1.48. The smallest absolute Gasteiger partial charge is 0.333 e. The molecule has 21 heteroatoms. The first-order valence-electron chi connectivity index (χ1n) is 25.4. The number of pyridine rings is 1. The number of fused-ring (bicyclic) bond motifs is 2. The van der Waals surface area contributed by atoms with Crippen molar-refractivity contribution in [2.45, 2.75) is 88.3 Å². The van der Waals surface area contributed by atoms with Crippen molar-refractivity contribution in [3.05, 3.63) is 89.7 Å². The number of cyclic esters (lactones) is 1. The third-order valence-electron chi connectivity index (χ3n) is 14.5. The number of likely N-dealkylation sites (N-methyl/N-ethyl adjacent to an activating group) is 2. The lowest BCUT2D eigenvalue weighted by Crippen LogP contribution is -2.63. The van der Waals surface area contributed by atoms with E-state index in [-0.39, 0.29) is 50.1 Å². The van der Waals surface area contributed by atoms with Gasteiger partial charge in [-0.05, 0) is 68.6 Å². The first-order chi connectivity index (χ1) is 35.4. The van der Waals surface area contributed by atoms with Gasteiger partial charge in [-0.15, -0.1) is 0 Å². The highest BCUT2D eigenvalue weighted by Gasteiger charge is 2.47. The number of carbonyl (C=O) groups is 8. The van der Waals surface area contributed by atoms with Crippen molar-refractivity contribution in [1.82, 2.24) is 45.4 Å². The van der Waals surface area contributed by atoms with Crippen molar-refractivity contribution in [1.29, 1.82) is 0 Å². The standard InChI is InChI=1S/C53H70N10O10S/c1-7-38-50(69)62-22-12-15-39(62)51(70)60(6)41(29-34-17-19-37(20-18-34)58(3)4)52(71)63-31-36(32-74-28-27-61-25-23-59(5)24-26-61)43(65)30-40(63)47(66)57-45(35-13-9-8-10-14-35)53(72)73-33(2)44(48(67)55-38)56-49(68)46-42(64)16-11-21-54-46/h8-11,13-14,16-21,33,36,38-41,44-45,64H,7,12,15,22-32H2,1-6H3,(H,55,67)(H,56,68)(H,57,66)/t33-,36+,38-,39+,40+,41+,44+,45+/m1/s1. The van der Waals surface area contributed by atoms with Crippen molar-refractivity contribution < 1.29 is 48.2 Å². The fraction of sp³-hybridized carbons (Fsp3) is 0.528. The minimum atomic E-state index is -1.70. The molecular weight excluding hydrogens is 969 g/mol. The Kier molecular flexibility index (Phi) is 18.7. The summed E-state index contributed by atoms with van der Waals surface area (Å²) in [5.41, 5.74) is 1.46. The molecule has 5 heterocycles. The molecule has 2 aromatic carbocycles. The van der Waals surface area contributed by atoms with Gasteiger partial charge in [-0.3, -0.25) is 38.5 Å². The third kappa shape index (κ3) is 13.2. The molecule has 398 valence electrons. The van der Waals surface area contributed by atoms with Crippen molar-refractivity contribution in [2.75, 3.05) is 90.4 Å². The van der Waals surface area contributed by atoms with Gasteiger partial charge in [-0.2, -0.15) is 11.8 Å². The Bertz CT molecular complexity index is 2510. The van der Waals surface area contributed by atoms with E-state index in [1.807, 2.05) is 43.3 Å². The molecule has 0 unspecified atom stereocenters. The topological polar surface area (TPSA) is 234 Å². The van der Waals surface area contributed by atoms with Crippen LogP contribution < -0.4 is 20.9 Å². The molecule has 20 nitrogen and oxygen atoms in total. The van der Waals surface area contributed by atoms with Gasteiger partial charge in [0, 0.05) is 109 Å². The number of esters is 1. The summed E-state index contributed by atoms with van der Waals surface area (Å²) in [6.45, 7) is 7.69. The number of nitrogens with one attached hydrogen (secondary N) is 3.